The van der Waals surface area contributed by atoms with Crippen LogP contribution in [0.5, 0.6) is 0 Å². The SMILES string of the molecule is [CH2-]N(CC)CCC. The lowest BCUT2D eigenvalue weighted by Crippen LogP contribution is -2.14. The van der Waals surface area contributed by atoms with Crippen LogP contribution in [0.15, 0.2) is 0 Å². The zero-order valence-electron chi connectivity index (χ0n) is 5.28. The van der Waals surface area contributed by atoms with Crippen LogP contribution in [0.3, 0.4) is 0 Å². The Morgan fingerprint density at radius 3 is 2.14 bits per heavy atom. The highest BCUT2D eigenvalue weighted by atomic mass is 15.1. The molecule has 0 fully saturated rings. The molecule has 0 aromatic heterocycles. The molecule has 0 rings (SSSR count). The summed E-state index contributed by atoms with van der Waals surface area (Å²) < 4.78 is 0. The van der Waals surface area contributed by atoms with E-state index >= 15 is 0 Å². The van der Waals surface area contributed by atoms with Crippen LogP contribution < -0.4 is 0 Å². The molecule has 0 aromatic carbocycles. The monoisotopic (exact) mass is 100 g/mol. The molecule has 0 aliphatic carbocycles. The summed E-state index contributed by atoms with van der Waals surface area (Å²) in [5.74, 6) is 0. The first-order chi connectivity index (χ1) is 3.31. The fourth-order valence-electron chi connectivity index (χ4n) is 0.474. The Morgan fingerprint density at radius 2 is 2.00 bits per heavy atom. The van der Waals surface area contributed by atoms with Gasteiger partial charge in [-0.15, -0.1) is 0 Å². The lowest BCUT2D eigenvalue weighted by atomic mass is 10.4. The van der Waals surface area contributed by atoms with Gasteiger partial charge in [0.15, 0.2) is 0 Å². The van der Waals surface area contributed by atoms with Gasteiger partial charge in [-0.3, -0.25) is 7.05 Å². The quantitative estimate of drug-likeness (QED) is 0.486. The third-order valence-electron chi connectivity index (χ3n) is 0.987. The van der Waals surface area contributed by atoms with E-state index in [-0.39, 0.29) is 0 Å². The molecule has 0 heterocycles. The van der Waals surface area contributed by atoms with Crippen molar-refractivity contribution >= 4 is 0 Å². The van der Waals surface area contributed by atoms with E-state index in [4.69, 9.17) is 0 Å². The highest BCUT2D eigenvalue weighted by Crippen LogP contribution is 1.84. The predicted molar refractivity (Wildman–Crippen MR) is 32.9 cm³/mol. The van der Waals surface area contributed by atoms with Crippen LogP contribution in [0.1, 0.15) is 20.3 Å². The molecular formula is C6H14N-. The zero-order chi connectivity index (χ0) is 5.70. The Kier molecular flexibility index (Phi) is 4.10. The van der Waals surface area contributed by atoms with Crippen molar-refractivity contribution in [1.29, 1.82) is 0 Å². The number of hydrogen-bond donors (Lipinski definition) is 0. The molecule has 0 atom stereocenters. The molecule has 0 saturated heterocycles. The predicted octanol–water partition coefficient (Wildman–Crippen LogP) is 1.51. The first-order valence-electron chi connectivity index (χ1n) is 2.86. The largest absolute Gasteiger partial charge is 0.459 e. The summed E-state index contributed by atoms with van der Waals surface area (Å²) in [7, 11) is 3.78. The van der Waals surface area contributed by atoms with E-state index in [2.05, 4.69) is 25.8 Å². The van der Waals surface area contributed by atoms with Crippen molar-refractivity contribution in [2.45, 2.75) is 20.3 Å². The van der Waals surface area contributed by atoms with Crippen LogP contribution in [0.2, 0.25) is 0 Å². The van der Waals surface area contributed by atoms with E-state index in [1.807, 2.05) is 0 Å². The molecule has 0 spiro atoms. The van der Waals surface area contributed by atoms with Crippen LogP contribution >= 0.6 is 0 Å². The van der Waals surface area contributed by atoms with Gasteiger partial charge < -0.3 is 4.90 Å². The maximum Gasteiger partial charge on any atom is -0.0307 e. The average molecular weight is 100 g/mol. The molecule has 1 heteroatoms. The Balaban J connectivity index is 2.83. The summed E-state index contributed by atoms with van der Waals surface area (Å²) in [6, 6.07) is 0. The topological polar surface area (TPSA) is 3.24 Å². The van der Waals surface area contributed by atoms with E-state index in [1.54, 1.807) is 0 Å². The van der Waals surface area contributed by atoms with Crippen molar-refractivity contribution in [3.05, 3.63) is 7.05 Å². The maximum atomic E-state index is 3.78. The van der Waals surface area contributed by atoms with Gasteiger partial charge >= 0.3 is 0 Å². The van der Waals surface area contributed by atoms with Gasteiger partial charge in [-0.2, -0.15) is 0 Å². The minimum absolute atomic E-state index is 1.06. The van der Waals surface area contributed by atoms with Gasteiger partial charge in [-0.05, 0) is 19.5 Å². The molecular weight excluding hydrogens is 86.1 g/mol. The second-order valence-corrected chi connectivity index (χ2v) is 1.71. The molecule has 7 heavy (non-hydrogen) atoms. The normalized spacial score (nSPS) is 10.3. The van der Waals surface area contributed by atoms with Gasteiger partial charge in [0.25, 0.3) is 0 Å². The summed E-state index contributed by atoms with van der Waals surface area (Å²) in [5, 5.41) is 0. The summed E-state index contributed by atoms with van der Waals surface area (Å²) in [6.07, 6.45) is 1.21. The standard InChI is InChI=1S/C6H14N/c1-4-6-7(3)5-2/h3-6H2,1-2H3/q-1. The molecule has 0 bridgehead atoms. The van der Waals surface area contributed by atoms with E-state index in [0.29, 0.717) is 0 Å². The summed E-state index contributed by atoms with van der Waals surface area (Å²) in [5.41, 5.74) is 0. The Hall–Kier alpha value is -0.0400. The fraction of sp³-hybridized carbons (Fsp3) is 0.833. The highest BCUT2D eigenvalue weighted by molar-refractivity contribution is 4.47. The smallest absolute Gasteiger partial charge is 0.0307 e. The zero-order valence-corrected chi connectivity index (χ0v) is 5.28. The Bertz CT molecular complexity index is 35.2. The van der Waals surface area contributed by atoms with Gasteiger partial charge in [0.1, 0.15) is 0 Å². The lowest BCUT2D eigenvalue weighted by Gasteiger charge is -2.20. The van der Waals surface area contributed by atoms with Gasteiger partial charge in [-0.1, -0.05) is 13.8 Å². The summed E-state index contributed by atoms with van der Waals surface area (Å²) in [4.78, 5) is 2.06. The molecule has 0 aliphatic rings. The van der Waals surface area contributed by atoms with Crippen molar-refractivity contribution < 1.29 is 0 Å². The second kappa shape index (κ2) is 4.13. The van der Waals surface area contributed by atoms with E-state index in [1.165, 1.54) is 6.42 Å². The van der Waals surface area contributed by atoms with E-state index < -0.39 is 0 Å². The van der Waals surface area contributed by atoms with Crippen molar-refractivity contribution in [2.75, 3.05) is 13.1 Å². The first-order valence-corrected chi connectivity index (χ1v) is 2.86. The summed E-state index contributed by atoms with van der Waals surface area (Å²) >= 11 is 0. The third-order valence-corrected chi connectivity index (χ3v) is 0.987. The molecule has 0 N–H and O–H groups in total. The van der Waals surface area contributed by atoms with Crippen molar-refractivity contribution in [1.82, 2.24) is 4.90 Å². The molecule has 44 valence electrons. The molecule has 0 amide bonds. The van der Waals surface area contributed by atoms with Crippen molar-refractivity contribution in [3.63, 3.8) is 0 Å². The second-order valence-electron chi connectivity index (χ2n) is 1.71. The molecule has 1 nitrogen and oxygen atoms in total. The highest BCUT2D eigenvalue weighted by Gasteiger charge is 1.78. The minimum atomic E-state index is 1.06. The summed E-state index contributed by atoms with van der Waals surface area (Å²) in [6.45, 7) is 6.46. The van der Waals surface area contributed by atoms with Crippen LogP contribution in [0.4, 0.5) is 0 Å². The molecule has 0 radical (unpaired) electrons. The molecule has 0 saturated carbocycles. The van der Waals surface area contributed by atoms with Gasteiger partial charge in [0, 0.05) is 0 Å². The molecule has 0 aromatic rings. The Morgan fingerprint density at radius 1 is 1.43 bits per heavy atom. The first kappa shape index (κ1) is 6.96. The van der Waals surface area contributed by atoms with Gasteiger partial charge in [0.2, 0.25) is 0 Å². The maximum absolute atomic E-state index is 3.78. The lowest BCUT2D eigenvalue weighted by molar-refractivity contribution is 0.390. The van der Waals surface area contributed by atoms with Gasteiger partial charge in [0.05, 0.1) is 0 Å². The van der Waals surface area contributed by atoms with Crippen molar-refractivity contribution in [2.24, 2.45) is 0 Å². The van der Waals surface area contributed by atoms with Crippen LogP contribution in [0.25, 0.3) is 0 Å². The van der Waals surface area contributed by atoms with Crippen LogP contribution in [-0.4, -0.2) is 18.0 Å². The Labute approximate surface area is 46.3 Å². The van der Waals surface area contributed by atoms with E-state index in [0.717, 1.165) is 13.1 Å². The average Bonchev–Trinajstić information content (AvgIpc) is 1.68. The number of nitrogens with zero attached hydrogens (tertiary/aromatic N) is 1. The minimum Gasteiger partial charge on any atom is -0.459 e. The van der Waals surface area contributed by atoms with E-state index in [9.17, 15) is 0 Å². The number of rotatable bonds is 3. The third kappa shape index (κ3) is 3.80. The fourth-order valence-corrected chi connectivity index (χ4v) is 0.474. The van der Waals surface area contributed by atoms with Crippen molar-refractivity contribution in [3.8, 4) is 0 Å². The van der Waals surface area contributed by atoms with Gasteiger partial charge in [-0.25, -0.2) is 0 Å². The molecule has 0 aliphatic heterocycles. The number of hydrogen-bond acceptors (Lipinski definition) is 1. The van der Waals surface area contributed by atoms with Crippen LogP contribution in [0, 0.1) is 7.05 Å². The molecule has 0 unspecified atom stereocenters. The van der Waals surface area contributed by atoms with Crippen LogP contribution in [-0.2, 0) is 0 Å².